The van der Waals surface area contributed by atoms with E-state index in [1.165, 1.54) is 6.07 Å². The first kappa shape index (κ1) is 16.1. The molecule has 0 aliphatic rings. The highest BCUT2D eigenvalue weighted by Gasteiger charge is 2.19. The van der Waals surface area contributed by atoms with Gasteiger partial charge in [0.15, 0.2) is 0 Å². The molecule has 0 amide bonds. The van der Waals surface area contributed by atoms with Crippen molar-refractivity contribution in [1.29, 1.82) is 0 Å². The molecular weight excluding hydrogens is 372 g/mol. The summed E-state index contributed by atoms with van der Waals surface area (Å²) in [5, 5.41) is 0. The number of benzene rings is 2. The predicted octanol–water partition coefficient (Wildman–Crippen LogP) is 2.56. The van der Waals surface area contributed by atoms with Crippen molar-refractivity contribution in [1.82, 2.24) is 4.72 Å². The molecule has 0 saturated carbocycles. The van der Waals surface area contributed by atoms with Gasteiger partial charge in [-0.2, -0.15) is 0 Å². The fourth-order valence-corrected chi connectivity index (χ4v) is 3.69. The molecule has 0 bridgehead atoms. The third kappa shape index (κ3) is 3.88. The van der Waals surface area contributed by atoms with Crippen LogP contribution >= 0.6 is 28.1 Å². The predicted molar refractivity (Wildman–Crippen MR) is 90.5 cm³/mol. The van der Waals surface area contributed by atoms with Gasteiger partial charge in [-0.3, -0.25) is 0 Å². The lowest BCUT2D eigenvalue weighted by atomic mass is 10.2. The molecule has 0 aliphatic carbocycles. The van der Waals surface area contributed by atoms with E-state index in [2.05, 4.69) is 20.7 Å². The van der Waals surface area contributed by atoms with Gasteiger partial charge in [-0.15, -0.1) is 0 Å². The topological polar surface area (TPSA) is 72.2 Å². The highest BCUT2D eigenvalue weighted by atomic mass is 79.9. The monoisotopic (exact) mass is 384 g/mol. The Balaban J connectivity index is 2.28. The molecule has 7 heteroatoms. The Bertz CT molecular complexity index is 776. The summed E-state index contributed by atoms with van der Waals surface area (Å²) in [6, 6.07) is 13.8. The van der Waals surface area contributed by atoms with Crippen LogP contribution in [0, 0.1) is 0 Å². The van der Waals surface area contributed by atoms with Gasteiger partial charge in [0.1, 0.15) is 4.99 Å². The van der Waals surface area contributed by atoms with Crippen LogP contribution in [0.3, 0.4) is 0 Å². The van der Waals surface area contributed by atoms with E-state index in [9.17, 15) is 8.42 Å². The van der Waals surface area contributed by atoms with E-state index in [1.807, 2.05) is 24.3 Å². The summed E-state index contributed by atoms with van der Waals surface area (Å²) in [6.45, 7) is 0.176. The van der Waals surface area contributed by atoms with E-state index in [0.29, 0.717) is 5.56 Å². The number of rotatable bonds is 5. The maximum atomic E-state index is 12.4. The molecule has 0 heterocycles. The summed E-state index contributed by atoms with van der Waals surface area (Å²) in [5.41, 5.74) is 6.76. The molecule has 2 aromatic carbocycles. The number of sulfonamides is 1. The number of halogens is 1. The molecule has 21 heavy (non-hydrogen) atoms. The molecule has 2 rings (SSSR count). The van der Waals surface area contributed by atoms with Gasteiger partial charge in [0.05, 0.1) is 4.90 Å². The van der Waals surface area contributed by atoms with Gasteiger partial charge in [0.25, 0.3) is 0 Å². The normalized spacial score (nSPS) is 11.3. The van der Waals surface area contributed by atoms with Crippen LogP contribution in [0.4, 0.5) is 0 Å². The summed E-state index contributed by atoms with van der Waals surface area (Å²) in [5.74, 6) is 0. The van der Waals surface area contributed by atoms with Crippen LogP contribution in [-0.4, -0.2) is 13.4 Å². The molecule has 0 atom stereocenters. The van der Waals surface area contributed by atoms with Gasteiger partial charge in [0, 0.05) is 16.6 Å². The van der Waals surface area contributed by atoms with E-state index in [0.717, 1.165) is 10.0 Å². The second kappa shape index (κ2) is 6.65. The van der Waals surface area contributed by atoms with Crippen molar-refractivity contribution in [2.75, 3.05) is 0 Å². The quantitative estimate of drug-likeness (QED) is 0.776. The largest absolute Gasteiger partial charge is 0.389 e. The van der Waals surface area contributed by atoms with Crippen LogP contribution in [-0.2, 0) is 16.6 Å². The Morgan fingerprint density at radius 1 is 1.14 bits per heavy atom. The number of thiocarbonyl (C=S) groups is 1. The molecule has 0 spiro atoms. The fourth-order valence-electron chi connectivity index (χ4n) is 1.80. The SMILES string of the molecule is NC(=S)c1ccccc1S(=O)(=O)NCc1ccccc1Br. The number of nitrogens with two attached hydrogens (primary N) is 1. The van der Waals surface area contributed by atoms with E-state index >= 15 is 0 Å². The van der Waals surface area contributed by atoms with Crippen LogP contribution in [0.25, 0.3) is 0 Å². The lowest BCUT2D eigenvalue weighted by Gasteiger charge is -2.11. The average Bonchev–Trinajstić information content (AvgIpc) is 2.46. The maximum Gasteiger partial charge on any atom is 0.241 e. The highest BCUT2D eigenvalue weighted by Crippen LogP contribution is 2.18. The molecule has 110 valence electrons. The minimum Gasteiger partial charge on any atom is -0.389 e. The molecule has 2 aromatic rings. The first-order valence-corrected chi connectivity index (χ1v) is 8.72. The lowest BCUT2D eigenvalue weighted by molar-refractivity contribution is 0.581. The minimum absolute atomic E-state index is 0.0527. The van der Waals surface area contributed by atoms with Crippen LogP contribution in [0.2, 0.25) is 0 Å². The summed E-state index contributed by atoms with van der Waals surface area (Å²) in [7, 11) is -3.69. The Morgan fingerprint density at radius 2 is 1.76 bits per heavy atom. The van der Waals surface area contributed by atoms with Crippen LogP contribution in [0.15, 0.2) is 57.9 Å². The molecule has 0 unspecified atom stereocenters. The van der Waals surface area contributed by atoms with E-state index in [1.54, 1.807) is 18.2 Å². The molecule has 0 fully saturated rings. The second-order valence-electron chi connectivity index (χ2n) is 4.28. The van der Waals surface area contributed by atoms with Crippen LogP contribution in [0.5, 0.6) is 0 Å². The summed E-state index contributed by atoms with van der Waals surface area (Å²) >= 11 is 8.28. The summed E-state index contributed by atoms with van der Waals surface area (Å²) in [6.07, 6.45) is 0. The Hall–Kier alpha value is -1.28. The van der Waals surface area contributed by atoms with Crippen molar-refractivity contribution in [3.05, 3.63) is 64.1 Å². The van der Waals surface area contributed by atoms with Gasteiger partial charge >= 0.3 is 0 Å². The van der Waals surface area contributed by atoms with E-state index < -0.39 is 10.0 Å². The number of nitrogens with one attached hydrogen (secondary N) is 1. The smallest absolute Gasteiger partial charge is 0.241 e. The lowest BCUT2D eigenvalue weighted by Crippen LogP contribution is -2.26. The molecule has 0 saturated heterocycles. The fraction of sp³-hybridized carbons (Fsp3) is 0.0714. The van der Waals surface area contributed by atoms with E-state index in [-0.39, 0.29) is 16.4 Å². The second-order valence-corrected chi connectivity index (χ2v) is 7.31. The third-order valence-corrected chi connectivity index (χ3v) is 5.31. The van der Waals surface area contributed by atoms with Crippen molar-refractivity contribution in [2.24, 2.45) is 5.73 Å². The zero-order valence-corrected chi connectivity index (χ0v) is 14.1. The van der Waals surface area contributed by atoms with Gasteiger partial charge < -0.3 is 5.73 Å². The number of hydrogen-bond donors (Lipinski definition) is 2. The molecule has 0 radical (unpaired) electrons. The maximum absolute atomic E-state index is 12.4. The standard InChI is InChI=1S/C14H13BrN2O2S2/c15-12-7-3-1-5-10(12)9-17-21(18,19)13-8-4-2-6-11(13)14(16)20/h1-8,17H,9H2,(H2,16,20). The molecule has 0 aromatic heterocycles. The van der Waals surface area contributed by atoms with Gasteiger partial charge in [0.2, 0.25) is 10.0 Å². The Kier molecular flexibility index (Phi) is 5.10. The van der Waals surface area contributed by atoms with Gasteiger partial charge in [-0.25, -0.2) is 13.1 Å². The zero-order chi connectivity index (χ0) is 15.5. The van der Waals surface area contributed by atoms with Gasteiger partial charge in [-0.05, 0) is 17.7 Å². The van der Waals surface area contributed by atoms with Crippen LogP contribution in [0.1, 0.15) is 11.1 Å². The highest BCUT2D eigenvalue weighted by molar-refractivity contribution is 9.10. The van der Waals surface area contributed by atoms with Crippen molar-refractivity contribution >= 4 is 43.2 Å². The molecule has 0 aliphatic heterocycles. The molecule has 4 nitrogen and oxygen atoms in total. The average molecular weight is 385 g/mol. The first-order chi connectivity index (χ1) is 9.92. The summed E-state index contributed by atoms with van der Waals surface area (Å²) in [4.78, 5) is 0.140. The van der Waals surface area contributed by atoms with Crippen molar-refractivity contribution in [3.63, 3.8) is 0 Å². The third-order valence-electron chi connectivity index (χ3n) is 2.85. The molecule has 3 N–H and O–H groups in total. The number of hydrogen-bond acceptors (Lipinski definition) is 3. The zero-order valence-electron chi connectivity index (χ0n) is 10.9. The van der Waals surface area contributed by atoms with Crippen LogP contribution < -0.4 is 10.5 Å². The Morgan fingerprint density at radius 3 is 2.43 bits per heavy atom. The van der Waals surface area contributed by atoms with Crippen molar-refractivity contribution in [3.8, 4) is 0 Å². The van der Waals surface area contributed by atoms with Crippen molar-refractivity contribution < 1.29 is 8.42 Å². The first-order valence-electron chi connectivity index (χ1n) is 6.04. The Labute approximate surface area is 137 Å². The summed E-state index contributed by atoms with van der Waals surface area (Å²) < 4.78 is 28.2. The minimum atomic E-state index is -3.69. The van der Waals surface area contributed by atoms with E-state index in [4.69, 9.17) is 18.0 Å². The van der Waals surface area contributed by atoms with Crippen molar-refractivity contribution in [2.45, 2.75) is 11.4 Å². The van der Waals surface area contributed by atoms with Gasteiger partial charge in [-0.1, -0.05) is 64.5 Å². The molecular formula is C14H13BrN2O2S2.